The zero-order valence-electron chi connectivity index (χ0n) is 12.9. The number of pyridine rings is 1. The first-order valence-electron chi connectivity index (χ1n) is 8.02. The lowest BCUT2D eigenvalue weighted by atomic mass is 9.99. The van der Waals surface area contributed by atoms with Crippen LogP contribution >= 0.6 is 23.1 Å². The molecule has 1 aliphatic heterocycles. The lowest BCUT2D eigenvalue weighted by Gasteiger charge is -2.20. The van der Waals surface area contributed by atoms with Gasteiger partial charge in [0.15, 0.2) is 0 Å². The molecule has 2 aromatic heterocycles. The lowest BCUT2D eigenvalue weighted by Crippen LogP contribution is -2.26. The summed E-state index contributed by atoms with van der Waals surface area (Å²) >= 11 is 3.66. The van der Waals surface area contributed by atoms with Crippen molar-refractivity contribution in [3.05, 3.63) is 52.6 Å². The highest BCUT2D eigenvalue weighted by molar-refractivity contribution is 7.98. The maximum absolute atomic E-state index is 4.88. The Labute approximate surface area is 144 Å². The van der Waals surface area contributed by atoms with Crippen molar-refractivity contribution in [1.82, 2.24) is 15.3 Å². The monoisotopic (exact) mass is 341 g/mol. The normalized spacial score (nSPS) is 16.0. The predicted octanol–water partition coefficient (Wildman–Crippen LogP) is 4.45. The molecule has 1 aromatic carbocycles. The van der Waals surface area contributed by atoms with Crippen LogP contribution in [0.5, 0.6) is 0 Å². The van der Waals surface area contributed by atoms with Crippen molar-refractivity contribution in [3.63, 3.8) is 0 Å². The summed E-state index contributed by atoms with van der Waals surface area (Å²) in [5.74, 6) is 1.57. The van der Waals surface area contributed by atoms with E-state index in [1.807, 2.05) is 35.4 Å². The smallest absolute Gasteiger partial charge is 0.0960 e. The largest absolute Gasteiger partial charge is 0.317 e. The molecule has 23 heavy (non-hydrogen) atoms. The van der Waals surface area contributed by atoms with Crippen molar-refractivity contribution < 1.29 is 0 Å². The molecule has 1 aliphatic rings. The molecular weight excluding hydrogens is 322 g/mol. The van der Waals surface area contributed by atoms with Crippen LogP contribution in [0.3, 0.4) is 0 Å². The number of fused-ring (bicyclic) bond motifs is 1. The maximum atomic E-state index is 4.88. The van der Waals surface area contributed by atoms with Gasteiger partial charge in [0.05, 0.1) is 16.2 Å². The van der Waals surface area contributed by atoms with Gasteiger partial charge in [0.2, 0.25) is 0 Å². The highest BCUT2D eigenvalue weighted by atomic mass is 32.2. The minimum absolute atomic E-state index is 0.652. The number of benzene rings is 1. The summed E-state index contributed by atoms with van der Waals surface area (Å²) < 4.78 is 0. The van der Waals surface area contributed by atoms with Crippen LogP contribution < -0.4 is 5.32 Å². The molecule has 0 aliphatic carbocycles. The summed E-state index contributed by atoms with van der Waals surface area (Å²) in [4.78, 5) is 10.6. The third-order valence-corrected chi connectivity index (χ3v) is 6.37. The molecule has 3 heterocycles. The van der Waals surface area contributed by atoms with Gasteiger partial charge in [-0.1, -0.05) is 18.2 Å². The van der Waals surface area contributed by atoms with Crippen LogP contribution in [0.1, 0.15) is 29.5 Å². The predicted molar refractivity (Wildman–Crippen MR) is 98.3 cm³/mol. The van der Waals surface area contributed by atoms with Crippen LogP contribution in [-0.4, -0.2) is 23.1 Å². The molecule has 0 radical (unpaired) electrons. The second-order valence-corrected chi connectivity index (χ2v) is 7.73. The second kappa shape index (κ2) is 6.99. The van der Waals surface area contributed by atoms with E-state index in [0.29, 0.717) is 5.92 Å². The van der Waals surface area contributed by atoms with Gasteiger partial charge < -0.3 is 5.32 Å². The summed E-state index contributed by atoms with van der Waals surface area (Å²) in [6, 6.07) is 10.5. The van der Waals surface area contributed by atoms with Crippen molar-refractivity contribution in [2.24, 2.45) is 0 Å². The third kappa shape index (κ3) is 3.42. The zero-order chi connectivity index (χ0) is 15.5. The molecule has 0 spiro atoms. The fourth-order valence-electron chi connectivity index (χ4n) is 2.99. The standard InChI is InChI=1S/C18H19N3S2/c1-3-13-4-2-8-20-17(13)16(5-1)22-11-15-12-23-18(21-15)14-6-9-19-10-7-14/h1-5,8,12,14,19H,6-7,9-11H2. The first-order chi connectivity index (χ1) is 11.4. The van der Waals surface area contributed by atoms with Gasteiger partial charge in [-0.25, -0.2) is 4.98 Å². The number of nitrogens with one attached hydrogen (secondary N) is 1. The average molecular weight is 342 g/mol. The van der Waals surface area contributed by atoms with Crippen LogP contribution in [0, 0.1) is 0 Å². The molecule has 0 unspecified atom stereocenters. The van der Waals surface area contributed by atoms with E-state index in [9.17, 15) is 0 Å². The summed E-state index contributed by atoms with van der Waals surface area (Å²) in [5, 5.41) is 8.16. The van der Waals surface area contributed by atoms with Crippen molar-refractivity contribution in [2.75, 3.05) is 13.1 Å². The maximum Gasteiger partial charge on any atom is 0.0960 e. The molecule has 5 heteroatoms. The van der Waals surface area contributed by atoms with Gasteiger partial charge in [-0.2, -0.15) is 0 Å². The Balaban J connectivity index is 1.47. The van der Waals surface area contributed by atoms with Gasteiger partial charge in [0, 0.05) is 33.5 Å². The fourth-order valence-corrected chi connectivity index (χ4v) is 5.02. The number of rotatable bonds is 4. The Morgan fingerprint density at radius 1 is 1.17 bits per heavy atom. The molecule has 4 rings (SSSR count). The van der Waals surface area contributed by atoms with Gasteiger partial charge in [-0.3, -0.25) is 4.98 Å². The Morgan fingerprint density at radius 3 is 2.96 bits per heavy atom. The van der Waals surface area contributed by atoms with Crippen LogP contribution in [0.15, 0.2) is 46.8 Å². The van der Waals surface area contributed by atoms with Crippen LogP contribution in [-0.2, 0) is 5.75 Å². The highest BCUT2D eigenvalue weighted by Gasteiger charge is 2.18. The number of hydrogen-bond acceptors (Lipinski definition) is 5. The first kappa shape index (κ1) is 15.1. The van der Waals surface area contributed by atoms with E-state index in [1.165, 1.54) is 33.8 Å². The van der Waals surface area contributed by atoms with Gasteiger partial charge in [0.25, 0.3) is 0 Å². The first-order valence-corrected chi connectivity index (χ1v) is 9.88. The van der Waals surface area contributed by atoms with E-state index in [0.717, 1.165) is 24.4 Å². The lowest BCUT2D eigenvalue weighted by molar-refractivity contribution is 0.459. The van der Waals surface area contributed by atoms with Crippen molar-refractivity contribution in [2.45, 2.75) is 29.4 Å². The molecule has 3 aromatic rings. The number of piperidine rings is 1. The summed E-state index contributed by atoms with van der Waals surface area (Å²) in [6.45, 7) is 2.24. The average Bonchev–Trinajstić information content (AvgIpc) is 3.10. The van der Waals surface area contributed by atoms with E-state index in [1.54, 1.807) is 0 Å². The molecule has 3 nitrogen and oxygen atoms in total. The third-order valence-electron chi connectivity index (χ3n) is 4.23. The molecule has 0 saturated carbocycles. The molecule has 0 amide bonds. The van der Waals surface area contributed by atoms with Crippen LogP contribution in [0.4, 0.5) is 0 Å². The molecule has 1 saturated heterocycles. The molecule has 1 fully saturated rings. The number of aromatic nitrogens is 2. The van der Waals surface area contributed by atoms with E-state index in [2.05, 4.69) is 39.9 Å². The minimum atomic E-state index is 0.652. The summed E-state index contributed by atoms with van der Waals surface area (Å²) in [5.41, 5.74) is 2.29. The zero-order valence-corrected chi connectivity index (χ0v) is 14.5. The Hall–Kier alpha value is -1.43. The molecule has 118 valence electrons. The molecular formula is C18H19N3S2. The van der Waals surface area contributed by atoms with Crippen LogP contribution in [0.25, 0.3) is 10.9 Å². The van der Waals surface area contributed by atoms with Gasteiger partial charge >= 0.3 is 0 Å². The Kier molecular flexibility index (Phi) is 4.60. The van der Waals surface area contributed by atoms with Gasteiger partial charge in [0.1, 0.15) is 0 Å². The number of para-hydroxylation sites is 1. The second-order valence-electron chi connectivity index (χ2n) is 5.82. The Morgan fingerprint density at radius 2 is 2.04 bits per heavy atom. The summed E-state index contributed by atoms with van der Waals surface area (Å²) in [6.07, 6.45) is 4.30. The quantitative estimate of drug-likeness (QED) is 0.712. The van der Waals surface area contributed by atoms with E-state index in [-0.39, 0.29) is 0 Å². The number of thioether (sulfide) groups is 1. The van der Waals surface area contributed by atoms with Crippen molar-refractivity contribution in [3.8, 4) is 0 Å². The number of nitrogens with zero attached hydrogens (tertiary/aromatic N) is 2. The van der Waals surface area contributed by atoms with Gasteiger partial charge in [-0.15, -0.1) is 23.1 Å². The number of thiazole rings is 1. The van der Waals surface area contributed by atoms with Crippen LogP contribution in [0.2, 0.25) is 0 Å². The summed E-state index contributed by atoms with van der Waals surface area (Å²) in [7, 11) is 0. The highest BCUT2D eigenvalue weighted by Crippen LogP contribution is 2.32. The molecule has 1 N–H and O–H groups in total. The number of hydrogen-bond donors (Lipinski definition) is 1. The Bertz CT molecular complexity index is 788. The van der Waals surface area contributed by atoms with E-state index >= 15 is 0 Å². The molecule has 0 bridgehead atoms. The van der Waals surface area contributed by atoms with Crippen molar-refractivity contribution >= 4 is 34.0 Å². The van der Waals surface area contributed by atoms with Gasteiger partial charge in [-0.05, 0) is 38.1 Å². The minimum Gasteiger partial charge on any atom is -0.317 e. The topological polar surface area (TPSA) is 37.8 Å². The molecule has 0 atom stereocenters. The van der Waals surface area contributed by atoms with Crippen molar-refractivity contribution in [1.29, 1.82) is 0 Å². The van der Waals surface area contributed by atoms with E-state index in [4.69, 9.17) is 4.98 Å². The van der Waals surface area contributed by atoms with E-state index < -0.39 is 0 Å². The SMILES string of the molecule is c1cnc2c(SCc3csc(C4CCNCC4)n3)cccc2c1. The fraction of sp³-hybridized carbons (Fsp3) is 0.333.